The summed E-state index contributed by atoms with van der Waals surface area (Å²) in [7, 11) is 0. The SMILES string of the molecule is O=C(O)c1cccc2nc(OCCF)n(Cc3cc(F)c(-c4ccccc4-c4nn[nH]n4)c(F)c3)c12. The van der Waals surface area contributed by atoms with Crippen LogP contribution >= 0.6 is 0 Å². The molecule has 0 radical (unpaired) electrons. The molecule has 0 saturated heterocycles. The molecule has 12 heteroatoms. The largest absolute Gasteiger partial charge is 0.478 e. The number of nitrogens with zero attached hydrogens (tertiary/aromatic N) is 5. The second-order valence-corrected chi connectivity index (χ2v) is 7.71. The van der Waals surface area contributed by atoms with Crippen LogP contribution in [0.1, 0.15) is 15.9 Å². The Morgan fingerprint density at radius 3 is 2.47 bits per heavy atom. The number of carboxylic acid groups (broad SMARTS) is 1. The lowest BCUT2D eigenvalue weighted by Gasteiger charge is -2.14. The molecular weight excluding hydrogens is 477 g/mol. The van der Waals surface area contributed by atoms with Crippen molar-refractivity contribution in [3.8, 4) is 28.5 Å². The fourth-order valence-corrected chi connectivity index (χ4v) is 4.05. The summed E-state index contributed by atoms with van der Waals surface area (Å²) in [6.45, 7) is -1.30. The molecule has 182 valence electrons. The van der Waals surface area contributed by atoms with Gasteiger partial charge in [0.15, 0.2) is 0 Å². The Kier molecular flexibility index (Phi) is 6.07. The van der Waals surface area contributed by atoms with Gasteiger partial charge in [-0.2, -0.15) is 10.2 Å². The number of hydrogen-bond donors (Lipinski definition) is 2. The number of aromatic nitrogens is 6. The second-order valence-electron chi connectivity index (χ2n) is 7.71. The van der Waals surface area contributed by atoms with E-state index in [4.69, 9.17) is 4.74 Å². The number of halogens is 3. The van der Waals surface area contributed by atoms with E-state index in [0.717, 1.165) is 12.1 Å². The molecule has 3 aromatic carbocycles. The summed E-state index contributed by atoms with van der Waals surface area (Å²) in [6.07, 6.45) is 0. The monoisotopic (exact) mass is 494 g/mol. The number of nitrogens with one attached hydrogen (secondary N) is 1. The summed E-state index contributed by atoms with van der Waals surface area (Å²) in [6, 6.07) is 13.1. The van der Waals surface area contributed by atoms with Crippen LogP contribution in [0.4, 0.5) is 13.2 Å². The van der Waals surface area contributed by atoms with Gasteiger partial charge in [-0.05, 0) is 40.6 Å². The molecule has 0 spiro atoms. The van der Waals surface area contributed by atoms with Crippen molar-refractivity contribution in [3.63, 3.8) is 0 Å². The zero-order valence-electron chi connectivity index (χ0n) is 18.5. The highest BCUT2D eigenvalue weighted by Crippen LogP contribution is 2.35. The minimum Gasteiger partial charge on any atom is -0.478 e. The number of carbonyl (C=O) groups is 1. The average Bonchev–Trinajstić information content (AvgIpc) is 3.51. The Morgan fingerprint density at radius 1 is 1.06 bits per heavy atom. The van der Waals surface area contributed by atoms with Crippen LogP contribution in [0.5, 0.6) is 6.01 Å². The number of rotatable bonds is 8. The number of fused-ring (bicyclic) bond motifs is 1. The van der Waals surface area contributed by atoms with Crippen molar-refractivity contribution in [1.82, 2.24) is 30.2 Å². The van der Waals surface area contributed by atoms with Crippen molar-refractivity contribution in [2.45, 2.75) is 6.54 Å². The van der Waals surface area contributed by atoms with Crippen LogP contribution in [0, 0.1) is 11.6 Å². The topological polar surface area (TPSA) is 119 Å². The number of carboxylic acids is 1. The maximum atomic E-state index is 15.4. The number of imidazole rings is 1. The molecule has 0 fully saturated rings. The zero-order chi connectivity index (χ0) is 25.2. The van der Waals surface area contributed by atoms with E-state index in [1.165, 1.54) is 22.8 Å². The van der Waals surface area contributed by atoms with Crippen molar-refractivity contribution >= 4 is 17.0 Å². The lowest BCUT2D eigenvalue weighted by Crippen LogP contribution is -2.10. The third kappa shape index (κ3) is 4.13. The molecular formula is C24H17F3N6O3. The molecule has 2 heterocycles. The molecule has 0 atom stereocenters. The van der Waals surface area contributed by atoms with Gasteiger partial charge >= 0.3 is 5.97 Å². The molecule has 0 aliphatic carbocycles. The Bertz CT molecular complexity index is 1550. The van der Waals surface area contributed by atoms with Gasteiger partial charge in [0.05, 0.1) is 28.7 Å². The number of hydrogen-bond acceptors (Lipinski definition) is 6. The second kappa shape index (κ2) is 9.49. The Balaban J connectivity index is 1.60. The first-order valence-electron chi connectivity index (χ1n) is 10.7. The van der Waals surface area contributed by atoms with E-state index >= 15 is 8.78 Å². The molecule has 0 unspecified atom stereocenters. The number of tetrazole rings is 1. The molecule has 2 aromatic heterocycles. The van der Waals surface area contributed by atoms with Crippen LogP contribution in [-0.4, -0.2) is 54.5 Å². The van der Waals surface area contributed by atoms with Crippen LogP contribution in [0.25, 0.3) is 33.5 Å². The molecule has 0 bridgehead atoms. The number of aromatic amines is 1. The third-order valence-corrected chi connectivity index (χ3v) is 5.50. The molecule has 9 nitrogen and oxygen atoms in total. The number of H-pyrrole nitrogens is 1. The number of benzene rings is 3. The Morgan fingerprint density at radius 2 is 1.81 bits per heavy atom. The van der Waals surface area contributed by atoms with E-state index in [1.807, 2.05) is 0 Å². The zero-order valence-corrected chi connectivity index (χ0v) is 18.5. The predicted octanol–water partition coefficient (Wildman–Crippen LogP) is 4.26. The highest BCUT2D eigenvalue weighted by atomic mass is 19.1. The van der Waals surface area contributed by atoms with E-state index in [-0.39, 0.29) is 58.3 Å². The Labute approximate surface area is 201 Å². The van der Waals surface area contributed by atoms with Gasteiger partial charge in [-0.3, -0.25) is 4.57 Å². The maximum Gasteiger partial charge on any atom is 0.337 e. The predicted molar refractivity (Wildman–Crippen MR) is 122 cm³/mol. The summed E-state index contributed by atoms with van der Waals surface area (Å²) >= 11 is 0. The van der Waals surface area contributed by atoms with E-state index in [1.54, 1.807) is 24.3 Å². The number of ether oxygens (including phenoxy) is 1. The van der Waals surface area contributed by atoms with Crippen LogP contribution in [0.2, 0.25) is 0 Å². The smallest absolute Gasteiger partial charge is 0.337 e. The number of alkyl halides is 1. The van der Waals surface area contributed by atoms with Gasteiger partial charge in [0.2, 0.25) is 5.82 Å². The van der Waals surface area contributed by atoms with Gasteiger partial charge in [-0.25, -0.2) is 18.0 Å². The van der Waals surface area contributed by atoms with Gasteiger partial charge in [0.1, 0.15) is 24.9 Å². The molecule has 0 saturated carbocycles. The normalized spacial score (nSPS) is 11.2. The molecule has 0 aliphatic heterocycles. The summed E-state index contributed by atoms with van der Waals surface area (Å²) in [5, 5.41) is 23.2. The molecule has 5 aromatic rings. The van der Waals surface area contributed by atoms with Crippen molar-refractivity contribution in [2.75, 3.05) is 13.3 Å². The molecule has 0 amide bonds. The summed E-state index contributed by atoms with van der Waals surface area (Å²) in [4.78, 5) is 16.0. The summed E-state index contributed by atoms with van der Waals surface area (Å²) < 4.78 is 50.2. The Hall–Kier alpha value is -4.74. The molecule has 2 N–H and O–H groups in total. The van der Waals surface area contributed by atoms with Crippen LogP contribution in [0.15, 0.2) is 54.6 Å². The quantitative estimate of drug-likeness (QED) is 0.331. The van der Waals surface area contributed by atoms with E-state index in [0.29, 0.717) is 5.56 Å². The van der Waals surface area contributed by atoms with Crippen molar-refractivity contribution < 1.29 is 27.8 Å². The number of aromatic carboxylic acids is 1. The van der Waals surface area contributed by atoms with Gasteiger partial charge in [-0.15, -0.1) is 10.2 Å². The van der Waals surface area contributed by atoms with Crippen LogP contribution < -0.4 is 4.74 Å². The third-order valence-electron chi connectivity index (χ3n) is 5.50. The molecule has 36 heavy (non-hydrogen) atoms. The van der Waals surface area contributed by atoms with Gasteiger partial charge in [-0.1, -0.05) is 30.3 Å². The van der Waals surface area contributed by atoms with E-state index < -0.39 is 24.3 Å². The minimum atomic E-state index is -1.22. The first-order valence-corrected chi connectivity index (χ1v) is 10.7. The van der Waals surface area contributed by atoms with E-state index in [2.05, 4.69) is 25.6 Å². The van der Waals surface area contributed by atoms with Crippen LogP contribution in [0.3, 0.4) is 0 Å². The van der Waals surface area contributed by atoms with Gasteiger partial charge < -0.3 is 9.84 Å². The van der Waals surface area contributed by atoms with Gasteiger partial charge in [0.25, 0.3) is 6.01 Å². The van der Waals surface area contributed by atoms with E-state index in [9.17, 15) is 14.3 Å². The van der Waals surface area contributed by atoms with Crippen molar-refractivity contribution in [1.29, 1.82) is 0 Å². The first-order chi connectivity index (χ1) is 17.5. The minimum absolute atomic E-state index is 0.0660. The fraction of sp³-hybridized carbons (Fsp3) is 0.125. The standard InChI is InChI=1S/C24H17F3N6O3/c25-8-9-36-24-28-19-7-3-6-16(23(34)35)21(19)33(24)12-13-10-17(26)20(18(27)11-13)14-4-1-2-5-15(14)22-29-31-32-30-22/h1-7,10-11H,8-9,12H2,(H,34,35)(H,29,30,31,32). The first kappa shape index (κ1) is 23.0. The van der Waals surface area contributed by atoms with Crippen molar-refractivity contribution in [3.05, 3.63) is 77.4 Å². The summed E-state index contributed by atoms with van der Waals surface area (Å²) in [5.74, 6) is -2.75. The fourth-order valence-electron chi connectivity index (χ4n) is 4.05. The van der Waals surface area contributed by atoms with Gasteiger partial charge in [0, 0.05) is 5.56 Å². The average molecular weight is 494 g/mol. The van der Waals surface area contributed by atoms with Crippen LogP contribution in [-0.2, 0) is 6.54 Å². The number of para-hydroxylation sites is 1. The maximum absolute atomic E-state index is 15.4. The lowest BCUT2D eigenvalue weighted by molar-refractivity contribution is 0.0698. The molecule has 0 aliphatic rings. The van der Waals surface area contributed by atoms with Crippen molar-refractivity contribution in [2.24, 2.45) is 0 Å². The lowest BCUT2D eigenvalue weighted by atomic mass is 9.97. The highest BCUT2D eigenvalue weighted by Gasteiger charge is 2.22. The molecule has 5 rings (SSSR count). The highest BCUT2D eigenvalue weighted by molar-refractivity contribution is 6.01. The summed E-state index contributed by atoms with van der Waals surface area (Å²) in [5.41, 5.74) is 0.896.